The molecule has 5 nitrogen and oxygen atoms in total. The molecule has 1 fully saturated rings. The van der Waals surface area contributed by atoms with Gasteiger partial charge < -0.3 is 20.5 Å². The van der Waals surface area contributed by atoms with Crippen molar-refractivity contribution in [3.8, 4) is 0 Å². The van der Waals surface area contributed by atoms with E-state index in [1.54, 1.807) is 11.3 Å². The van der Waals surface area contributed by atoms with Crippen molar-refractivity contribution in [3.63, 3.8) is 0 Å². The van der Waals surface area contributed by atoms with Crippen molar-refractivity contribution in [1.29, 1.82) is 0 Å². The summed E-state index contributed by atoms with van der Waals surface area (Å²) < 4.78 is 5.29. The molecule has 0 radical (unpaired) electrons. The molecule has 98 valence electrons. The minimum absolute atomic E-state index is 0. The number of hydrogen-bond acceptors (Lipinski definition) is 6. The predicted octanol–water partition coefficient (Wildman–Crippen LogP) is 0.264. The van der Waals surface area contributed by atoms with Gasteiger partial charge in [-0.2, -0.15) is 0 Å². The van der Waals surface area contributed by atoms with E-state index in [0.717, 1.165) is 36.3 Å². The topological polar surface area (TPSA) is 71.6 Å². The molecule has 0 saturated carbocycles. The van der Waals surface area contributed by atoms with E-state index in [0.29, 0.717) is 6.42 Å². The molecule has 0 aliphatic carbocycles. The Kier molecular flexibility index (Phi) is 6.15. The average molecular weight is 280 g/mol. The maximum absolute atomic E-state index is 8.88. The first-order valence-electron chi connectivity index (χ1n) is 5.43. The van der Waals surface area contributed by atoms with Crippen molar-refractivity contribution >= 4 is 28.9 Å². The van der Waals surface area contributed by atoms with E-state index in [1.165, 1.54) is 0 Å². The predicted molar refractivity (Wildman–Crippen MR) is 71.2 cm³/mol. The molecular weight excluding hydrogens is 262 g/mol. The molecule has 3 N–H and O–H groups in total. The summed E-state index contributed by atoms with van der Waals surface area (Å²) in [7, 11) is 0. The number of thiazole rings is 1. The van der Waals surface area contributed by atoms with Crippen molar-refractivity contribution in [3.05, 3.63) is 11.1 Å². The molecule has 2 heterocycles. The van der Waals surface area contributed by atoms with E-state index in [2.05, 4.69) is 9.88 Å². The van der Waals surface area contributed by atoms with Gasteiger partial charge in [-0.15, -0.1) is 23.7 Å². The van der Waals surface area contributed by atoms with Crippen molar-refractivity contribution in [2.75, 3.05) is 37.8 Å². The van der Waals surface area contributed by atoms with Crippen LogP contribution in [0.4, 0.5) is 5.13 Å². The van der Waals surface area contributed by atoms with Gasteiger partial charge >= 0.3 is 0 Å². The lowest BCUT2D eigenvalue weighted by Gasteiger charge is -2.26. The Balaban J connectivity index is 0.00000144. The van der Waals surface area contributed by atoms with Crippen LogP contribution in [0, 0.1) is 0 Å². The van der Waals surface area contributed by atoms with Gasteiger partial charge in [-0.3, -0.25) is 0 Å². The number of nitrogens with zero attached hydrogens (tertiary/aromatic N) is 2. The van der Waals surface area contributed by atoms with E-state index in [9.17, 15) is 0 Å². The summed E-state index contributed by atoms with van der Waals surface area (Å²) in [5.41, 5.74) is 5.69. The second-order valence-corrected chi connectivity index (χ2v) is 4.95. The number of aliphatic hydroxyl groups excluding tert-OH is 1. The molecule has 1 aromatic rings. The summed E-state index contributed by atoms with van der Waals surface area (Å²) in [4.78, 5) is 7.73. The third kappa shape index (κ3) is 4.08. The molecule has 0 bridgehead atoms. The first-order valence-corrected chi connectivity index (χ1v) is 6.25. The van der Waals surface area contributed by atoms with Crippen LogP contribution in [0.2, 0.25) is 0 Å². The summed E-state index contributed by atoms with van der Waals surface area (Å²) in [6, 6.07) is -0.182. The van der Waals surface area contributed by atoms with Gasteiger partial charge in [0.2, 0.25) is 0 Å². The van der Waals surface area contributed by atoms with Gasteiger partial charge in [-0.25, -0.2) is 4.98 Å². The van der Waals surface area contributed by atoms with Gasteiger partial charge in [0.05, 0.1) is 19.8 Å². The van der Waals surface area contributed by atoms with Crippen LogP contribution in [-0.4, -0.2) is 49.0 Å². The third-order valence-electron chi connectivity index (χ3n) is 2.52. The summed E-state index contributed by atoms with van der Waals surface area (Å²) in [6.07, 6.45) is 2.55. The smallest absolute Gasteiger partial charge is 0.185 e. The van der Waals surface area contributed by atoms with Crippen LogP contribution in [0.15, 0.2) is 6.20 Å². The van der Waals surface area contributed by atoms with Gasteiger partial charge in [-0.1, -0.05) is 0 Å². The second kappa shape index (κ2) is 7.13. The molecule has 1 saturated heterocycles. The highest BCUT2D eigenvalue weighted by molar-refractivity contribution is 7.15. The highest BCUT2D eigenvalue weighted by atomic mass is 35.5. The SMILES string of the molecule is Cl.NC(CO)Cc1cnc(N2CCOCC2)s1. The van der Waals surface area contributed by atoms with Crippen LogP contribution in [0.5, 0.6) is 0 Å². The Bertz CT molecular complexity index is 331. The van der Waals surface area contributed by atoms with E-state index >= 15 is 0 Å². The van der Waals surface area contributed by atoms with Crippen molar-refractivity contribution in [1.82, 2.24) is 4.98 Å². The zero-order valence-electron chi connectivity index (χ0n) is 9.54. The van der Waals surface area contributed by atoms with Crippen LogP contribution in [-0.2, 0) is 11.2 Å². The lowest BCUT2D eigenvalue weighted by atomic mass is 10.2. The normalized spacial score (nSPS) is 17.6. The highest BCUT2D eigenvalue weighted by Crippen LogP contribution is 2.23. The van der Waals surface area contributed by atoms with Gasteiger partial charge in [0, 0.05) is 36.6 Å². The first kappa shape index (κ1) is 14.7. The number of nitrogens with two attached hydrogens (primary N) is 1. The molecule has 0 spiro atoms. The number of halogens is 1. The molecule has 7 heteroatoms. The van der Waals surface area contributed by atoms with E-state index in [1.807, 2.05) is 6.20 Å². The fraction of sp³-hybridized carbons (Fsp3) is 0.700. The molecule has 1 aromatic heterocycles. The van der Waals surface area contributed by atoms with Crippen LogP contribution < -0.4 is 10.6 Å². The summed E-state index contributed by atoms with van der Waals surface area (Å²) in [5.74, 6) is 0. The van der Waals surface area contributed by atoms with E-state index in [-0.39, 0.29) is 25.1 Å². The van der Waals surface area contributed by atoms with Crippen LogP contribution >= 0.6 is 23.7 Å². The molecule has 1 atom stereocenters. The average Bonchev–Trinajstić information content (AvgIpc) is 2.78. The Morgan fingerprint density at radius 2 is 2.24 bits per heavy atom. The molecular formula is C10H18ClN3O2S. The largest absolute Gasteiger partial charge is 0.395 e. The van der Waals surface area contributed by atoms with E-state index < -0.39 is 0 Å². The van der Waals surface area contributed by atoms with Crippen molar-refractivity contribution in [2.45, 2.75) is 12.5 Å². The highest BCUT2D eigenvalue weighted by Gasteiger charge is 2.15. The Hall–Kier alpha value is -0.400. The summed E-state index contributed by atoms with van der Waals surface area (Å²) >= 11 is 1.65. The number of aliphatic hydroxyl groups is 1. The standard InChI is InChI=1S/C10H17N3O2S.ClH/c11-8(7-14)5-9-6-12-10(16-9)13-1-3-15-4-2-13;/h6,8,14H,1-5,7,11H2;1H. The number of rotatable bonds is 4. The number of morpholine rings is 1. The molecule has 1 aliphatic rings. The Morgan fingerprint density at radius 1 is 1.53 bits per heavy atom. The lowest BCUT2D eigenvalue weighted by molar-refractivity contribution is 0.122. The fourth-order valence-electron chi connectivity index (χ4n) is 1.62. The molecule has 1 aliphatic heterocycles. The van der Waals surface area contributed by atoms with Gasteiger partial charge in [0.1, 0.15) is 0 Å². The minimum Gasteiger partial charge on any atom is -0.395 e. The summed E-state index contributed by atoms with van der Waals surface area (Å²) in [6.45, 7) is 3.36. The minimum atomic E-state index is -0.182. The Labute approximate surface area is 111 Å². The second-order valence-electron chi connectivity index (χ2n) is 3.86. The maximum Gasteiger partial charge on any atom is 0.185 e. The lowest BCUT2D eigenvalue weighted by Crippen LogP contribution is -2.36. The quantitative estimate of drug-likeness (QED) is 0.827. The van der Waals surface area contributed by atoms with Crippen molar-refractivity contribution in [2.24, 2.45) is 5.73 Å². The maximum atomic E-state index is 8.88. The van der Waals surface area contributed by atoms with Crippen molar-refractivity contribution < 1.29 is 9.84 Å². The monoisotopic (exact) mass is 279 g/mol. The molecule has 17 heavy (non-hydrogen) atoms. The Morgan fingerprint density at radius 3 is 2.88 bits per heavy atom. The fourth-order valence-corrected chi connectivity index (χ4v) is 2.67. The van der Waals surface area contributed by atoms with Crippen LogP contribution in [0.25, 0.3) is 0 Å². The number of anilines is 1. The van der Waals surface area contributed by atoms with Gasteiger partial charge in [0.15, 0.2) is 5.13 Å². The number of hydrogen-bond donors (Lipinski definition) is 2. The number of ether oxygens (including phenoxy) is 1. The molecule has 1 unspecified atom stereocenters. The first-order chi connectivity index (χ1) is 7.79. The summed E-state index contributed by atoms with van der Waals surface area (Å²) in [5, 5.41) is 9.91. The van der Waals surface area contributed by atoms with Crippen LogP contribution in [0.1, 0.15) is 4.88 Å². The van der Waals surface area contributed by atoms with E-state index in [4.69, 9.17) is 15.6 Å². The van der Waals surface area contributed by atoms with Gasteiger partial charge in [0.25, 0.3) is 0 Å². The number of aromatic nitrogens is 1. The molecule has 0 amide bonds. The molecule has 2 rings (SSSR count). The third-order valence-corrected chi connectivity index (χ3v) is 3.60. The van der Waals surface area contributed by atoms with Crippen LogP contribution in [0.3, 0.4) is 0 Å². The van der Waals surface area contributed by atoms with Gasteiger partial charge in [-0.05, 0) is 0 Å². The molecule has 0 aromatic carbocycles. The zero-order chi connectivity index (χ0) is 11.4. The zero-order valence-corrected chi connectivity index (χ0v) is 11.2.